The number of hydrogen-bond donors (Lipinski definition) is 0. The number of halogens is 2. The van der Waals surface area contributed by atoms with Crippen LogP contribution in [0, 0.1) is 12.7 Å². The first-order valence-electron chi connectivity index (χ1n) is 6.13. The van der Waals surface area contributed by atoms with Crippen LogP contribution in [0.5, 0.6) is 0 Å². The molecule has 0 saturated carbocycles. The second-order valence-electron chi connectivity index (χ2n) is 4.38. The quantitative estimate of drug-likeness (QED) is 0.731. The maximum atomic E-state index is 13.4. The van der Waals surface area contributed by atoms with Gasteiger partial charge in [-0.25, -0.2) is 14.1 Å². The van der Waals surface area contributed by atoms with E-state index >= 15 is 0 Å². The van der Waals surface area contributed by atoms with Crippen molar-refractivity contribution in [3.8, 4) is 11.5 Å². The van der Waals surface area contributed by atoms with Crippen LogP contribution in [0.4, 0.5) is 4.39 Å². The van der Waals surface area contributed by atoms with Gasteiger partial charge in [-0.2, -0.15) is 5.10 Å². The molecule has 0 fully saturated rings. The van der Waals surface area contributed by atoms with Crippen molar-refractivity contribution in [1.29, 1.82) is 0 Å². The smallest absolute Gasteiger partial charge is 0.275 e. The Kier molecular flexibility index (Phi) is 3.31. The molecular weight excluding hydrogens is 295 g/mol. The molecule has 3 aromatic rings. The molecule has 2 heterocycles. The first-order chi connectivity index (χ1) is 10.1. The van der Waals surface area contributed by atoms with Crippen molar-refractivity contribution in [2.45, 2.75) is 6.92 Å². The molecule has 106 valence electrons. The largest absolute Gasteiger partial charge is 0.300 e. The van der Waals surface area contributed by atoms with Crippen LogP contribution in [0.15, 0.2) is 47.5 Å². The molecule has 0 aliphatic rings. The van der Waals surface area contributed by atoms with Gasteiger partial charge in [0.15, 0.2) is 5.15 Å². The summed E-state index contributed by atoms with van der Waals surface area (Å²) >= 11 is 6.09. The predicted octanol–water partition coefficient (Wildman–Crippen LogP) is 2.52. The van der Waals surface area contributed by atoms with E-state index in [9.17, 15) is 9.18 Å². The van der Waals surface area contributed by atoms with Gasteiger partial charge in [-0.15, -0.1) is 0 Å². The summed E-state index contributed by atoms with van der Waals surface area (Å²) in [7, 11) is 0. The lowest BCUT2D eigenvalue weighted by atomic mass is 10.3. The highest BCUT2D eigenvalue weighted by Crippen LogP contribution is 2.17. The summed E-state index contributed by atoms with van der Waals surface area (Å²) < 4.78 is 16.0. The van der Waals surface area contributed by atoms with Crippen LogP contribution in [0.3, 0.4) is 0 Å². The first kappa shape index (κ1) is 13.5. The summed E-state index contributed by atoms with van der Waals surface area (Å²) in [4.78, 5) is 16.7. The molecule has 0 N–H and O–H groups in total. The Morgan fingerprint density at radius 2 is 2.10 bits per heavy atom. The zero-order valence-corrected chi connectivity index (χ0v) is 11.8. The average molecular weight is 305 g/mol. The van der Waals surface area contributed by atoms with Crippen molar-refractivity contribution >= 4 is 11.6 Å². The summed E-state index contributed by atoms with van der Waals surface area (Å²) in [5.74, 6) is -0.382. The van der Waals surface area contributed by atoms with Crippen molar-refractivity contribution in [3.05, 3.63) is 69.7 Å². The lowest BCUT2D eigenvalue weighted by Crippen LogP contribution is -2.27. The number of rotatable bonds is 2. The van der Waals surface area contributed by atoms with Crippen LogP contribution >= 0.6 is 11.6 Å². The third kappa shape index (κ3) is 2.34. The molecule has 1 aromatic carbocycles. The summed E-state index contributed by atoms with van der Waals surface area (Å²) in [6.45, 7) is 1.65. The minimum absolute atomic E-state index is 0.0554. The summed E-state index contributed by atoms with van der Waals surface area (Å²) in [6, 6.07) is 7.39. The van der Waals surface area contributed by atoms with Gasteiger partial charge in [0, 0.05) is 12.4 Å². The molecule has 0 amide bonds. The van der Waals surface area contributed by atoms with Gasteiger partial charge in [-0.3, -0.25) is 9.36 Å². The summed E-state index contributed by atoms with van der Waals surface area (Å²) in [6.07, 6.45) is 3.12. The van der Waals surface area contributed by atoms with Crippen LogP contribution in [-0.4, -0.2) is 19.3 Å². The van der Waals surface area contributed by atoms with Crippen LogP contribution < -0.4 is 5.56 Å². The molecule has 0 bridgehead atoms. The van der Waals surface area contributed by atoms with Gasteiger partial charge in [-0.1, -0.05) is 17.7 Å². The van der Waals surface area contributed by atoms with Crippen molar-refractivity contribution < 1.29 is 4.39 Å². The molecule has 0 atom stereocenters. The Bertz CT molecular complexity index is 858. The van der Waals surface area contributed by atoms with E-state index < -0.39 is 11.4 Å². The van der Waals surface area contributed by atoms with Crippen LogP contribution in [0.25, 0.3) is 11.5 Å². The van der Waals surface area contributed by atoms with Gasteiger partial charge in [0.05, 0.1) is 11.4 Å². The molecule has 0 unspecified atom stereocenters. The maximum Gasteiger partial charge on any atom is 0.300 e. The summed E-state index contributed by atoms with van der Waals surface area (Å²) in [5.41, 5.74) is 0.393. The molecule has 21 heavy (non-hydrogen) atoms. The normalized spacial score (nSPS) is 10.8. The Morgan fingerprint density at radius 3 is 2.76 bits per heavy atom. The molecule has 3 rings (SSSR count). The minimum Gasteiger partial charge on any atom is -0.275 e. The lowest BCUT2D eigenvalue weighted by Gasteiger charge is -2.13. The Hall–Kier alpha value is -2.47. The van der Waals surface area contributed by atoms with Crippen LogP contribution in [0.1, 0.15) is 5.69 Å². The van der Waals surface area contributed by atoms with E-state index in [0.717, 1.165) is 0 Å². The molecule has 5 nitrogen and oxygen atoms in total. The predicted molar refractivity (Wildman–Crippen MR) is 76.7 cm³/mol. The van der Waals surface area contributed by atoms with Crippen molar-refractivity contribution in [2.24, 2.45) is 0 Å². The number of hydrogen-bond acceptors (Lipinski definition) is 3. The molecular formula is C14H10ClFN4O. The number of benzene rings is 1. The van der Waals surface area contributed by atoms with Gasteiger partial charge in [-0.05, 0) is 31.2 Å². The van der Waals surface area contributed by atoms with E-state index in [1.54, 1.807) is 25.3 Å². The lowest BCUT2D eigenvalue weighted by molar-refractivity contribution is 0.626. The maximum absolute atomic E-state index is 13.4. The Balaban J connectivity index is 2.33. The standard InChI is InChI=1S/C14H10ClFN4O/c1-9-12(15)18-13(19-7-3-6-17-19)14(21)20(9)11-5-2-4-10(16)8-11/h2-8H,1H3. The Morgan fingerprint density at radius 1 is 1.29 bits per heavy atom. The van der Waals surface area contributed by atoms with E-state index in [4.69, 9.17) is 11.6 Å². The van der Waals surface area contributed by atoms with Crippen molar-refractivity contribution in [3.63, 3.8) is 0 Å². The highest BCUT2D eigenvalue weighted by Gasteiger charge is 2.15. The topological polar surface area (TPSA) is 52.7 Å². The molecule has 2 aromatic heterocycles. The summed E-state index contributed by atoms with van der Waals surface area (Å²) in [5, 5.41) is 4.14. The third-order valence-electron chi connectivity index (χ3n) is 3.02. The number of nitrogens with zero attached hydrogens (tertiary/aromatic N) is 4. The van der Waals surface area contributed by atoms with E-state index in [1.165, 1.54) is 33.6 Å². The highest BCUT2D eigenvalue weighted by atomic mass is 35.5. The van der Waals surface area contributed by atoms with E-state index in [2.05, 4.69) is 10.1 Å². The average Bonchev–Trinajstić information content (AvgIpc) is 2.97. The van der Waals surface area contributed by atoms with Gasteiger partial charge in [0.1, 0.15) is 5.82 Å². The van der Waals surface area contributed by atoms with Crippen molar-refractivity contribution in [1.82, 2.24) is 19.3 Å². The SMILES string of the molecule is Cc1c(Cl)nc(-n2cccn2)c(=O)n1-c1cccc(F)c1. The third-order valence-corrected chi connectivity index (χ3v) is 3.38. The van der Waals surface area contributed by atoms with Crippen LogP contribution in [0.2, 0.25) is 5.15 Å². The zero-order chi connectivity index (χ0) is 15.0. The van der Waals surface area contributed by atoms with E-state index in [1.807, 2.05) is 0 Å². The fourth-order valence-corrected chi connectivity index (χ4v) is 2.20. The van der Waals surface area contributed by atoms with E-state index in [0.29, 0.717) is 11.4 Å². The Labute approximate surface area is 124 Å². The highest BCUT2D eigenvalue weighted by molar-refractivity contribution is 6.30. The van der Waals surface area contributed by atoms with Crippen molar-refractivity contribution in [2.75, 3.05) is 0 Å². The van der Waals surface area contributed by atoms with Gasteiger partial charge in [0.25, 0.3) is 0 Å². The van der Waals surface area contributed by atoms with Gasteiger partial charge in [0.2, 0.25) is 5.82 Å². The number of aromatic nitrogens is 4. The minimum atomic E-state index is -0.438. The first-order valence-corrected chi connectivity index (χ1v) is 6.51. The molecule has 0 aliphatic heterocycles. The zero-order valence-electron chi connectivity index (χ0n) is 11.0. The molecule has 7 heteroatoms. The molecule has 0 saturated heterocycles. The fourth-order valence-electron chi connectivity index (χ4n) is 2.04. The molecule has 0 spiro atoms. The van der Waals surface area contributed by atoms with E-state index in [-0.39, 0.29) is 11.0 Å². The van der Waals surface area contributed by atoms with Gasteiger partial charge < -0.3 is 0 Å². The second kappa shape index (κ2) is 5.14. The van der Waals surface area contributed by atoms with Gasteiger partial charge >= 0.3 is 5.56 Å². The molecule has 0 aliphatic carbocycles. The fraction of sp³-hybridized carbons (Fsp3) is 0.0714. The molecule has 0 radical (unpaired) electrons. The van der Waals surface area contributed by atoms with Crippen LogP contribution in [-0.2, 0) is 0 Å². The second-order valence-corrected chi connectivity index (χ2v) is 4.74. The monoisotopic (exact) mass is 304 g/mol.